The van der Waals surface area contributed by atoms with Gasteiger partial charge in [0, 0.05) is 37.3 Å². The normalized spacial score (nSPS) is 17.8. The zero-order chi connectivity index (χ0) is 17.9. The van der Waals surface area contributed by atoms with E-state index in [1.54, 1.807) is 18.6 Å². The van der Waals surface area contributed by atoms with Crippen LogP contribution in [-0.4, -0.2) is 49.9 Å². The third-order valence-electron chi connectivity index (χ3n) is 3.96. The van der Waals surface area contributed by atoms with Crippen molar-refractivity contribution in [3.63, 3.8) is 0 Å². The molecule has 1 N–H and O–H groups in total. The summed E-state index contributed by atoms with van der Waals surface area (Å²) in [6, 6.07) is 5.88. The number of amides is 1. The average molecular weight is 381 g/mol. The molecule has 9 heteroatoms. The highest BCUT2D eigenvalue weighted by Gasteiger charge is 2.26. The molecular formula is C16H19N3O4S2. The molecule has 2 heterocycles. The Morgan fingerprint density at radius 3 is 2.76 bits per heavy atom. The summed E-state index contributed by atoms with van der Waals surface area (Å²) in [4.78, 5) is 16.3. The first kappa shape index (κ1) is 18.0. The quantitative estimate of drug-likeness (QED) is 0.829. The van der Waals surface area contributed by atoms with Crippen LogP contribution in [0.4, 0.5) is 5.13 Å². The molecule has 1 fully saturated rings. The van der Waals surface area contributed by atoms with E-state index in [0.29, 0.717) is 23.8 Å². The van der Waals surface area contributed by atoms with E-state index in [9.17, 15) is 13.2 Å². The molecule has 1 saturated heterocycles. The Labute approximate surface area is 150 Å². The van der Waals surface area contributed by atoms with Gasteiger partial charge in [0.05, 0.1) is 11.0 Å². The van der Waals surface area contributed by atoms with Crippen molar-refractivity contribution < 1.29 is 17.9 Å². The first-order chi connectivity index (χ1) is 12.0. The van der Waals surface area contributed by atoms with Gasteiger partial charge in [0.25, 0.3) is 5.91 Å². The van der Waals surface area contributed by atoms with E-state index in [1.807, 2.05) is 0 Å². The maximum absolute atomic E-state index is 12.6. The van der Waals surface area contributed by atoms with E-state index in [4.69, 9.17) is 4.74 Å². The molecule has 2 aromatic rings. The summed E-state index contributed by atoms with van der Waals surface area (Å²) in [6.07, 6.45) is 3.37. The maximum Gasteiger partial charge on any atom is 0.257 e. The second-order valence-electron chi connectivity index (χ2n) is 5.74. The van der Waals surface area contributed by atoms with Gasteiger partial charge in [0.2, 0.25) is 10.0 Å². The van der Waals surface area contributed by atoms with Crippen LogP contribution in [0.15, 0.2) is 40.7 Å². The Hall–Kier alpha value is -1.81. The number of hydrogen-bond donors (Lipinski definition) is 1. The second kappa shape index (κ2) is 7.61. The Balaban J connectivity index is 1.68. The van der Waals surface area contributed by atoms with Gasteiger partial charge < -0.3 is 4.74 Å². The Morgan fingerprint density at radius 2 is 2.16 bits per heavy atom. The molecule has 3 rings (SSSR count). The molecule has 0 saturated carbocycles. The number of rotatable bonds is 6. The topological polar surface area (TPSA) is 88.6 Å². The third-order valence-corrected chi connectivity index (χ3v) is 6.49. The first-order valence-electron chi connectivity index (χ1n) is 7.85. The molecule has 1 aliphatic rings. The number of sulfonamides is 1. The van der Waals surface area contributed by atoms with Crippen molar-refractivity contribution in [2.45, 2.75) is 23.8 Å². The van der Waals surface area contributed by atoms with Crippen LogP contribution in [0.3, 0.4) is 0 Å². The zero-order valence-corrected chi connectivity index (χ0v) is 15.3. The summed E-state index contributed by atoms with van der Waals surface area (Å²) in [7, 11) is -2.07. The number of anilines is 1. The van der Waals surface area contributed by atoms with Crippen molar-refractivity contribution in [3.05, 3.63) is 41.4 Å². The number of likely N-dealkylation sites (N-methyl/N-ethyl adjacent to an activating group) is 1. The largest absolute Gasteiger partial charge is 0.377 e. The van der Waals surface area contributed by atoms with Crippen LogP contribution >= 0.6 is 11.3 Å². The maximum atomic E-state index is 12.6. The summed E-state index contributed by atoms with van der Waals surface area (Å²) in [5, 5.41) is 4.92. The summed E-state index contributed by atoms with van der Waals surface area (Å²) in [6.45, 7) is 1.01. The first-order valence-corrected chi connectivity index (χ1v) is 10.2. The Bertz CT molecular complexity index is 814. The minimum Gasteiger partial charge on any atom is -0.377 e. The van der Waals surface area contributed by atoms with Gasteiger partial charge in [-0.15, -0.1) is 11.3 Å². The van der Waals surface area contributed by atoms with Gasteiger partial charge >= 0.3 is 0 Å². The van der Waals surface area contributed by atoms with Gasteiger partial charge in [-0.1, -0.05) is 0 Å². The Morgan fingerprint density at radius 1 is 1.40 bits per heavy atom. The number of aromatic nitrogens is 1. The summed E-state index contributed by atoms with van der Waals surface area (Å²) in [5.41, 5.74) is 0.371. The van der Waals surface area contributed by atoms with Crippen LogP contribution < -0.4 is 5.32 Å². The summed E-state index contributed by atoms with van der Waals surface area (Å²) < 4.78 is 32.0. The number of ether oxygens (including phenoxy) is 1. The average Bonchev–Trinajstić information content (AvgIpc) is 3.29. The molecule has 0 aliphatic carbocycles. The van der Waals surface area contributed by atoms with Crippen LogP contribution in [0, 0.1) is 0 Å². The lowest BCUT2D eigenvalue weighted by atomic mass is 10.2. The van der Waals surface area contributed by atoms with E-state index in [1.165, 1.54) is 39.9 Å². The molecular weight excluding hydrogens is 362 g/mol. The van der Waals surface area contributed by atoms with Crippen molar-refractivity contribution in [3.8, 4) is 0 Å². The van der Waals surface area contributed by atoms with E-state index in [2.05, 4.69) is 10.3 Å². The van der Waals surface area contributed by atoms with Crippen LogP contribution in [0.25, 0.3) is 0 Å². The molecule has 1 aromatic carbocycles. The highest BCUT2D eigenvalue weighted by Crippen LogP contribution is 2.20. The van der Waals surface area contributed by atoms with Gasteiger partial charge in [0.15, 0.2) is 5.13 Å². The number of thiazole rings is 1. The molecule has 1 aromatic heterocycles. The molecule has 1 atom stereocenters. The smallest absolute Gasteiger partial charge is 0.257 e. The van der Waals surface area contributed by atoms with Crippen molar-refractivity contribution in [2.24, 2.45) is 0 Å². The lowest BCUT2D eigenvalue weighted by Gasteiger charge is -2.20. The van der Waals surface area contributed by atoms with Crippen LogP contribution in [0.2, 0.25) is 0 Å². The van der Waals surface area contributed by atoms with E-state index in [-0.39, 0.29) is 16.9 Å². The highest BCUT2D eigenvalue weighted by molar-refractivity contribution is 7.89. The predicted molar refractivity (Wildman–Crippen MR) is 95.3 cm³/mol. The molecule has 0 radical (unpaired) electrons. The van der Waals surface area contributed by atoms with Gasteiger partial charge in [-0.05, 0) is 37.1 Å². The summed E-state index contributed by atoms with van der Waals surface area (Å²) in [5.74, 6) is -0.327. The fourth-order valence-electron chi connectivity index (χ4n) is 2.59. The van der Waals surface area contributed by atoms with Crippen molar-refractivity contribution in [1.29, 1.82) is 0 Å². The van der Waals surface area contributed by atoms with Crippen LogP contribution in [0.5, 0.6) is 0 Å². The fraction of sp³-hybridized carbons (Fsp3) is 0.375. The SMILES string of the molecule is CN(C[C@H]1CCCO1)S(=O)(=O)c1ccc(C(=O)Nc2nccs2)cc1. The molecule has 0 spiro atoms. The zero-order valence-electron chi connectivity index (χ0n) is 13.7. The molecule has 0 unspecified atom stereocenters. The number of carbonyl (C=O) groups is 1. The van der Waals surface area contributed by atoms with Gasteiger partial charge in [0.1, 0.15) is 0 Å². The lowest BCUT2D eigenvalue weighted by molar-refractivity contribution is 0.0979. The minimum atomic E-state index is -3.61. The van der Waals surface area contributed by atoms with Crippen molar-refractivity contribution in [1.82, 2.24) is 9.29 Å². The molecule has 1 amide bonds. The fourth-order valence-corrected chi connectivity index (χ4v) is 4.31. The number of carbonyl (C=O) groups excluding carboxylic acids is 1. The van der Waals surface area contributed by atoms with Gasteiger partial charge in [-0.3, -0.25) is 10.1 Å². The van der Waals surface area contributed by atoms with Crippen LogP contribution in [-0.2, 0) is 14.8 Å². The minimum absolute atomic E-state index is 0.0527. The monoisotopic (exact) mass is 381 g/mol. The number of hydrogen-bond acceptors (Lipinski definition) is 6. The number of nitrogens with zero attached hydrogens (tertiary/aromatic N) is 2. The lowest BCUT2D eigenvalue weighted by Crippen LogP contribution is -2.34. The van der Waals surface area contributed by atoms with Gasteiger partial charge in [-0.2, -0.15) is 4.31 Å². The van der Waals surface area contributed by atoms with E-state index >= 15 is 0 Å². The second-order valence-corrected chi connectivity index (χ2v) is 8.68. The predicted octanol–water partition coefficient (Wildman–Crippen LogP) is 2.19. The Kier molecular flexibility index (Phi) is 5.48. The number of benzene rings is 1. The molecule has 134 valence electrons. The molecule has 7 nitrogen and oxygen atoms in total. The van der Waals surface area contributed by atoms with Gasteiger partial charge in [-0.25, -0.2) is 13.4 Å². The summed E-state index contributed by atoms with van der Waals surface area (Å²) >= 11 is 1.31. The third kappa shape index (κ3) is 4.24. The standard InChI is InChI=1S/C16H19N3O4S2/c1-19(11-13-3-2-9-23-13)25(21,22)14-6-4-12(5-7-14)15(20)18-16-17-8-10-24-16/h4-8,10,13H,2-3,9,11H2,1H3,(H,17,18,20)/t13-/m1/s1. The molecule has 25 heavy (non-hydrogen) atoms. The van der Waals surface area contributed by atoms with E-state index < -0.39 is 10.0 Å². The van der Waals surface area contributed by atoms with Crippen molar-refractivity contribution in [2.75, 3.05) is 25.5 Å². The highest BCUT2D eigenvalue weighted by atomic mass is 32.2. The molecule has 1 aliphatic heterocycles. The molecule has 0 bridgehead atoms. The van der Waals surface area contributed by atoms with Crippen molar-refractivity contribution >= 4 is 32.4 Å². The van der Waals surface area contributed by atoms with E-state index in [0.717, 1.165) is 12.8 Å². The van der Waals surface area contributed by atoms with Crippen LogP contribution in [0.1, 0.15) is 23.2 Å². The number of nitrogens with one attached hydrogen (secondary N) is 1.